The number of anilines is 1. The number of para-hydroxylation sites is 1. The molecule has 0 saturated carbocycles. The van der Waals surface area contributed by atoms with Crippen molar-refractivity contribution in [2.24, 2.45) is 5.92 Å². The molecule has 2 aliphatic rings. The molecule has 0 aliphatic carbocycles. The monoisotopic (exact) mass is 599 g/mol. The van der Waals surface area contributed by atoms with Crippen LogP contribution in [0.3, 0.4) is 0 Å². The number of ether oxygens (including phenoxy) is 3. The van der Waals surface area contributed by atoms with E-state index in [-0.39, 0.29) is 47.1 Å². The number of nitrogens with zero attached hydrogens (tertiary/aromatic N) is 2. The summed E-state index contributed by atoms with van der Waals surface area (Å²) in [5, 5.41) is 9.93. The number of halogens is 1. The van der Waals surface area contributed by atoms with Crippen molar-refractivity contribution < 1.29 is 36.9 Å². The SMILES string of the molecule is C[C@@H]1CN([C@@H](C)CO)C(=O)c2cccc(NS(=O)(=O)c3ccc(F)cc3)c2O[C@@H]1CN(C)Cc1ccc2c(c1)OCO2. The largest absolute Gasteiger partial charge is 0.486 e. The maximum absolute atomic E-state index is 13.7. The molecule has 0 unspecified atom stereocenters. The topological polar surface area (TPSA) is 118 Å². The summed E-state index contributed by atoms with van der Waals surface area (Å²) in [5.41, 5.74) is 1.27. The van der Waals surface area contributed by atoms with E-state index >= 15 is 0 Å². The number of hydrogen-bond acceptors (Lipinski definition) is 8. The number of carbonyl (C=O) groups is 1. The number of hydrogen-bond donors (Lipinski definition) is 2. The van der Waals surface area contributed by atoms with Gasteiger partial charge in [-0.25, -0.2) is 12.8 Å². The van der Waals surface area contributed by atoms with Gasteiger partial charge >= 0.3 is 0 Å². The minimum absolute atomic E-state index is 0.0827. The Labute approximate surface area is 244 Å². The number of fused-ring (bicyclic) bond motifs is 2. The van der Waals surface area contributed by atoms with Crippen LogP contribution in [0.15, 0.2) is 65.6 Å². The van der Waals surface area contributed by atoms with E-state index in [4.69, 9.17) is 14.2 Å². The molecular formula is C30H34FN3O7S. The predicted molar refractivity (Wildman–Crippen MR) is 154 cm³/mol. The van der Waals surface area contributed by atoms with Crippen molar-refractivity contribution in [2.45, 2.75) is 37.4 Å². The lowest BCUT2D eigenvalue weighted by atomic mass is 9.99. The van der Waals surface area contributed by atoms with Crippen molar-refractivity contribution in [1.29, 1.82) is 0 Å². The molecule has 2 N–H and O–H groups in total. The first-order chi connectivity index (χ1) is 20.1. The van der Waals surface area contributed by atoms with Gasteiger partial charge in [-0.15, -0.1) is 0 Å². The molecule has 2 heterocycles. The standard InChI is InChI=1S/C30H34FN3O7S/c1-19-14-34(20(2)17-35)30(36)24-5-4-6-25(32-42(37,38)23-10-8-22(31)9-11-23)29(24)41-28(19)16-33(3)15-21-7-12-26-27(13-21)40-18-39-26/h4-13,19-20,28,32,35H,14-18H2,1-3H3/t19-,20+,28-/m1/s1. The van der Waals surface area contributed by atoms with E-state index in [9.17, 15) is 22.7 Å². The van der Waals surface area contributed by atoms with Crippen LogP contribution in [0.25, 0.3) is 0 Å². The van der Waals surface area contributed by atoms with Gasteiger partial charge in [-0.05, 0) is 68.1 Å². The number of amides is 1. The first-order valence-corrected chi connectivity index (χ1v) is 15.1. The van der Waals surface area contributed by atoms with E-state index in [1.165, 1.54) is 6.07 Å². The summed E-state index contributed by atoms with van der Waals surface area (Å²) in [6.45, 7) is 5.02. The van der Waals surface area contributed by atoms with Gasteiger partial charge in [0.1, 0.15) is 11.9 Å². The van der Waals surface area contributed by atoms with Crippen molar-refractivity contribution in [3.05, 3.63) is 77.6 Å². The number of rotatable bonds is 9. The zero-order chi connectivity index (χ0) is 30.0. The van der Waals surface area contributed by atoms with Gasteiger partial charge in [-0.2, -0.15) is 0 Å². The minimum Gasteiger partial charge on any atom is -0.486 e. The van der Waals surface area contributed by atoms with E-state index in [1.54, 1.807) is 24.0 Å². The van der Waals surface area contributed by atoms with E-state index in [1.807, 2.05) is 32.2 Å². The van der Waals surface area contributed by atoms with E-state index in [2.05, 4.69) is 9.62 Å². The van der Waals surface area contributed by atoms with Gasteiger partial charge in [0.2, 0.25) is 6.79 Å². The molecule has 12 heteroatoms. The summed E-state index contributed by atoms with van der Waals surface area (Å²) in [5.74, 6) is 0.360. The molecule has 0 bridgehead atoms. The lowest BCUT2D eigenvalue weighted by Gasteiger charge is -2.38. The molecule has 0 fully saturated rings. The number of sulfonamides is 1. The summed E-state index contributed by atoms with van der Waals surface area (Å²) in [6.07, 6.45) is -0.458. The third-order valence-electron chi connectivity index (χ3n) is 7.44. The van der Waals surface area contributed by atoms with Gasteiger partial charge in [0, 0.05) is 25.6 Å². The van der Waals surface area contributed by atoms with Crippen molar-refractivity contribution >= 4 is 21.6 Å². The lowest BCUT2D eigenvalue weighted by Crippen LogP contribution is -2.49. The Kier molecular flexibility index (Phi) is 8.58. The molecule has 3 aromatic rings. The molecule has 2 aliphatic heterocycles. The number of aliphatic hydroxyl groups excluding tert-OH is 1. The normalized spacial score (nSPS) is 19.1. The Morgan fingerprint density at radius 3 is 2.60 bits per heavy atom. The second-order valence-electron chi connectivity index (χ2n) is 10.7. The Morgan fingerprint density at radius 1 is 1.12 bits per heavy atom. The van der Waals surface area contributed by atoms with Gasteiger partial charge in [0.25, 0.3) is 15.9 Å². The Bertz CT molecular complexity index is 1550. The molecule has 0 saturated heterocycles. The van der Waals surface area contributed by atoms with E-state index in [0.29, 0.717) is 31.1 Å². The van der Waals surface area contributed by atoms with E-state index < -0.39 is 28.0 Å². The second kappa shape index (κ2) is 12.2. The number of likely N-dealkylation sites (N-methyl/N-ethyl adjacent to an activating group) is 1. The number of benzene rings is 3. The molecular weight excluding hydrogens is 565 g/mol. The zero-order valence-electron chi connectivity index (χ0n) is 23.6. The summed E-state index contributed by atoms with van der Waals surface area (Å²) in [6, 6.07) is 14.4. The fourth-order valence-electron chi connectivity index (χ4n) is 5.08. The van der Waals surface area contributed by atoms with Gasteiger partial charge in [-0.1, -0.05) is 19.1 Å². The molecule has 42 heavy (non-hydrogen) atoms. The van der Waals surface area contributed by atoms with Crippen molar-refractivity contribution in [2.75, 3.05) is 38.3 Å². The Morgan fingerprint density at radius 2 is 1.86 bits per heavy atom. The molecule has 0 radical (unpaired) electrons. The van der Waals surface area contributed by atoms with Gasteiger partial charge < -0.3 is 24.2 Å². The van der Waals surface area contributed by atoms with Crippen LogP contribution < -0.4 is 18.9 Å². The van der Waals surface area contributed by atoms with Gasteiger partial charge in [0.15, 0.2) is 17.2 Å². The van der Waals surface area contributed by atoms with Crippen LogP contribution in [0.5, 0.6) is 17.2 Å². The molecule has 3 atom stereocenters. The van der Waals surface area contributed by atoms with Crippen molar-refractivity contribution in [3.8, 4) is 17.2 Å². The van der Waals surface area contributed by atoms with Crippen LogP contribution >= 0.6 is 0 Å². The molecule has 1 amide bonds. The van der Waals surface area contributed by atoms with Gasteiger partial charge in [-0.3, -0.25) is 14.4 Å². The molecule has 3 aromatic carbocycles. The van der Waals surface area contributed by atoms with E-state index in [0.717, 1.165) is 29.8 Å². The van der Waals surface area contributed by atoms with Crippen LogP contribution in [0.4, 0.5) is 10.1 Å². The van der Waals surface area contributed by atoms with Crippen molar-refractivity contribution in [3.63, 3.8) is 0 Å². The van der Waals surface area contributed by atoms with Crippen LogP contribution in [0.1, 0.15) is 29.8 Å². The van der Waals surface area contributed by atoms with Gasteiger partial charge in [0.05, 0.1) is 28.8 Å². The average molecular weight is 600 g/mol. The number of nitrogens with one attached hydrogen (secondary N) is 1. The van der Waals surface area contributed by atoms with Crippen LogP contribution in [0.2, 0.25) is 0 Å². The fraction of sp³-hybridized carbons (Fsp3) is 0.367. The van der Waals surface area contributed by atoms with Crippen LogP contribution in [0, 0.1) is 11.7 Å². The first-order valence-electron chi connectivity index (χ1n) is 13.6. The smallest absolute Gasteiger partial charge is 0.262 e. The predicted octanol–water partition coefficient (Wildman–Crippen LogP) is 3.71. The minimum atomic E-state index is -4.13. The van der Waals surface area contributed by atoms with Crippen LogP contribution in [-0.2, 0) is 16.6 Å². The van der Waals surface area contributed by atoms with Crippen LogP contribution in [-0.4, -0.2) is 74.9 Å². The highest BCUT2D eigenvalue weighted by atomic mass is 32.2. The number of aliphatic hydroxyl groups is 1. The molecule has 0 spiro atoms. The lowest BCUT2D eigenvalue weighted by molar-refractivity contribution is 0.0344. The highest BCUT2D eigenvalue weighted by molar-refractivity contribution is 7.92. The fourth-order valence-corrected chi connectivity index (χ4v) is 6.14. The molecule has 0 aromatic heterocycles. The first kappa shape index (κ1) is 29.6. The molecule has 224 valence electrons. The molecule has 5 rings (SSSR count). The zero-order valence-corrected chi connectivity index (χ0v) is 24.4. The quantitative estimate of drug-likeness (QED) is 0.383. The number of carbonyl (C=O) groups excluding carboxylic acids is 1. The third-order valence-corrected chi connectivity index (χ3v) is 8.82. The average Bonchev–Trinajstić information content (AvgIpc) is 3.43. The van der Waals surface area contributed by atoms with Crippen molar-refractivity contribution in [1.82, 2.24) is 9.80 Å². The Hall–Kier alpha value is -3.87. The second-order valence-corrected chi connectivity index (χ2v) is 12.4. The highest BCUT2D eigenvalue weighted by Gasteiger charge is 2.35. The maximum atomic E-state index is 13.7. The third kappa shape index (κ3) is 6.30. The summed E-state index contributed by atoms with van der Waals surface area (Å²) in [4.78, 5) is 17.2. The summed E-state index contributed by atoms with van der Waals surface area (Å²) < 4.78 is 59.8. The highest BCUT2D eigenvalue weighted by Crippen LogP contribution is 2.37. The molecule has 10 nitrogen and oxygen atoms in total. The Balaban J connectivity index is 1.46. The summed E-state index contributed by atoms with van der Waals surface area (Å²) in [7, 11) is -2.18. The maximum Gasteiger partial charge on any atom is 0.262 e. The summed E-state index contributed by atoms with van der Waals surface area (Å²) >= 11 is 0.